The van der Waals surface area contributed by atoms with Crippen molar-refractivity contribution in [2.45, 2.75) is 26.0 Å². The summed E-state index contributed by atoms with van der Waals surface area (Å²) in [6.45, 7) is 3.54. The second-order valence-corrected chi connectivity index (χ2v) is 7.23. The van der Waals surface area contributed by atoms with Crippen LogP contribution in [0.25, 0.3) is 10.8 Å². The number of ether oxygens (including phenoxy) is 1. The van der Waals surface area contributed by atoms with Crippen LogP contribution in [0.4, 0.5) is 0 Å². The molecule has 2 aliphatic heterocycles. The molecule has 140 valence electrons. The van der Waals surface area contributed by atoms with E-state index in [4.69, 9.17) is 4.74 Å². The Hall–Kier alpha value is -2.86. The van der Waals surface area contributed by atoms with Gasteiger partial charge in [-0.2, -0.15) is 0 Å². The molecule has 1 saturated heterocycles. The third-order valence-corrected chi connectivity index (χ3v) is 5.63. The molecule has 2 aliphatic rings. The molecule has 2 aromatic rings. The molecule has 1 amide bonds. The molecule has 6 heteroatoms. The normalized spacial score (nSPS) is 25.4. The zero-order valence-electron chi connectivity index (χ0n) is 15.1. The molecule has 2 aromatic carbocycles. The van der Waals surface area contributed by atoms with Crippen LogP contribution in [-0.2, 0) is 9.59 Å². The van der Waals surface area contributed by atoms with Crippen molar-refractivity contribution in [1.29, 1.82) is 0 Å². The quantitative estimate of drug-likeness (QED) is 0.793. The molecule has 0 bridgehead atoms. The van der Waals surface area contributed by atoms with E-state index in [0.29, 0.717) is 11.3 Å². The van der Waals surface area contributed by atoms with Crippen LogP contribution in [0.5, 0.6) is 5.75 Å². The lowest BCUT2D eigenvalue weighted by Crippen LogP contribution is -2.63. The Morgan fingerprint density at radius 1 is 1.22 bits per heavy atom. The minimum Gasteiger partial charge on any atom is -0.489 e. The summed E-state index contributed by atoms with van der Waals surface area (Å²) in [5.74, 6) is -1.58. The van der Waals surface area contributed by atoms with Crippen molar-refractivity contribution in [1.82, 2.24) is 4.90 Å². The zero-order valence-corrected chi connectivity index (χ0v) is 15.1. The minimum atomic E-state index is -1.14. The van der Waals surface area contributed by atoms with Crippen molar-refractivity contribution in [2.24, 2.45) is 11.8 Å². The average Bonchev–Trinajstić information content (AvgIpc) is 2.88. The molecule has 6 nitrogen and oxygen atoms in total. The van der Waals surface area contributed by atoms with Crippen LogP contribution < -0.4 is 4.74 Å². The first-order chi connectivity index (χ1) is 12.9. The summed E-state index contributed by atoms with van der Waals surface area (Å²) in [4.78, 5) is 25.4. The lowest BCUT2D eigenvalue weighted by Gasteiger charge is -2.46. The number of nitrogens with zero attached hydrogens (tertiary/aromatic N) is 1. The van der Waals surface area contributed by atoms with Gasteiger partial charge in [0.05, 0.1) is 18.1 Å². The van der Waals surface area contributed by atoms with Crippen LogP contribution in [-0.4, -0.2) is 45.7 Å². The van der Waals surface area contributed by atoms with E-state index in [-0.39, 0.29) is 30.2 Å². The first-order valence-electron chi connectivity index (χ1n) is 8.99. The number of aliphatic carboxylic acids is 1. The Balaban J connectivity index is 1.60. The number of aliphatic hydroxyl groups is 1. The number of rotatable bonds is 5. The largest absolute Gasteiger partial charge is 0.489 e. The maximum Gasteiger partial charge on any atom is 0.352 e. The number of carboxylic acids is 1. The fourth-order valence-corrected chi connectivity index (χ4v) is 4.25. The van der Waals surface area contributed by atoms with E-state index >= 15 is 0 Å². The van der Waals surface area contributed by atoms with Gasteiger partial charge in [-0.05, 0) is 29.8 Å². The van der Waals surface area contributed by atoms with Crippen molar-refractivity contribution in [3.63, 3.8) is 0 Å². The second-order valence-electron chi connectivity index (χ2n) is 7.23. The van der Waals surface area contributed by atoms with Crippen molar-refractivity contribution in [2.75, 3.05) is 6.61 Å². The SMILES string of the molecule is C[C@@H](O)[C@H]1C(=O)N2C(C(=O)O)=C(COc3ccc4ccccc4c3)[C@H](C)[C@H]12. The number of benzene rings is 2. The van der Waals surface area contributed by atoms with Crippen LogP contribution >= 0.6 is 0 Å². The fourth-order valence-electron chi connectivity index (χ4n) is 4.25. The highest BCUT2D eigenvalue weighted by atomic mass is 16.5. The zero-order chi connectivity index (χ0) is 19.3. The van der Waals surface area contributed by atoms with Gasteiger partial charge in [-0.1, -0.05) is 37.3 Å². The maximum absolute atomic E-state index is 12.3. The summed E-state index contributed by atoms with van der Waals surface area (Å²) in [5.41, 5.74) is 0.576. The van der Waals surface area contributed by atoms with Gasteiger partial charge in [-0.25, -0.2) is 4.79 Å². The fraction of sp³-hybridized carbons (Fsp3) is 0.333. The first-order valence-corrected chi connectivity index (χ1v) is 8.99. The second kappa shape index (κ2) is 6.39. The van der Waals surface area contributed by atoms with Crippen LogP contribution in [0.15, 0.2) is 53.7 Å². The van der Waals surface area contributed by atoms with Gasteiger partial charge in [0, 0.05) is 11.5 Å². The molecule has 4 rings (SSSR count). The summed E-state index contributed by atoms with van der Waals surface area (Å²) in [7, 11) is 0. The van der Waals surface area contributed by atoms with Gasteiger partial charge in [0.1, 0.15) is 18.1 Å². The van der Waals surface area contributed by atoms with Crippen LogP contribution in [0.2, 0.25) is 0 Å². The van der Waals surface area contributed by atoms with Crippen molar-refractivity contribution >= 4 is 22.6 Å². The van der Waals surface area contributed by atoms with E-state index in [0.717, 1.165) is 10.8 Å². The number of carbonyl (C=O) groups excluding carboxylic acids is 1. The van der Waals surface area contributed by atoms with Gasteiger partial charge in [-0.3, -0.25) is 4.79 Å². The molecule has 2 N–H and O–H groups in total. The van der Waals surface area contributed by atoms with E-state index in [1.807, 2.05) is 49.4 Å². The smallest absolute Gasteiger partial charge is 0.352 e. The van der Waals surface area contributed by atoms with Gasteiger partial charge in [0.25, 0.3) is 0 Å². The number of hydrogen-bond acceptors (Lipinski definition) is 4. The van der Waals surface area contributed by atoms with Gasteiger partial charge < -0.3 is 19.8 Å². The highest BCUT2D eigenvalue weighted by molar-refractivity contribution is 6.00. The third kappa shape index (κ3) is 2.68. The molecule has 1 fully saturated rings. The number of aliphatic hydroxyl groups excluding tert-OH is 1. The highest BCUT2D eigenvalue weighted by Crippen LogP contribution is 2.47. The molecule has 4 atom stereocenters. The topological polar surface area (TPSA) is 87.1 Å². The molecule has 27 heavy (non-hydrogen) atoms. The van der Waals surface area contributed by atoms with Gasteiger partial charge in [0.15, 0.2) is 0 Å². The van der Waals surface area contributed by atoms with Crippen LogP contribution in [0, 0.1) is 11.8 Å². The lowest BCUT2D eigenvalue weighted by molar-refractivity contribution is -0.163. The van der Waals surface area contributed by atoms with Crippen LogP contribution in [0.1, 0.15) is 13.8 Å². The average molecular weight is 367 g/mol. The number of carbonyl (C=O) groups is 2. The first kappa shape index (κ1) is 17.5. The molecular weight excluding hydrogens is 346 g/mol. The summed E-state index contributed by atoms with van der Waals surface area (Å²) < 4.78 is 5.88. The van der Waals surface area contributed by atoms with Crippen LogP contribution in [0.3, 0.4) is 0 Å². The van der Waals surface area contributed by atoms with Crippen molar-refractivity contribution in [3.8, 4) is 5.75 Å². The molecule has 0 aromatic heterocycles. The van der Waals surface area contributed by atoms with Gasteiger partial charge >= 0.3 is 5.97 Å². The summed E-state index contributed by atoms with van der Waals surface area (Å²) in [6.07, 6.45) is -0.808. The standard InChI is InChI=1S/C21H21NO5/c1-11-16(10-27-15-8-7-13-5-3-4-6-14(13)9-15)19(21(25)26)22-18(11)17(12(2)23)20(22)24/h3-9,11-12,17-18,23H,10H2,1-2H3,(H,25,26)/t11-,12+,17+,18+/m0/s1. The van der Waals surface area contributed by atoms with Gasteiger partial charge in [0.2, 0.25) is 5.91 Å². The number of carboxylic acid groups (broad SMARTS) is 1. The van der Waals surface area contributed by atoms with Gasteiger partial charge in [-0.15, -0.1) is 0 Å². The van der Waals surface area contributed by atoms with E-state index < -0.39 is 18.0 Å². The highest BCUT2D eigenvalue weighted by Gasteiger charge is 2.59. The Morgan fingerprint density at radius 2 is 1.93 bits per heavy atom. The van der Waals surface area contributed by atoms with E-state index in [9.17, 15) is 19.8 Å². The van der Waals surface area contributed by atoms with E-state index in [2.05, 4.69) is 0 Å². The van der Waals surface area contributed by atoms with E-state index in [1.165, 1.54) is 4.90 Å². The molecule has 2 heterocycles. The Kier molecular flexibility index (Phi) is 4.15. The molecule has 0 unspecified atom stereocenters. The Labute approximate surface area is 156 Å². The minimum absolute atomic E-state index is 0.00445. The number of amides is 1. The molecule has 0 radical (unpaired) electrons. The molecular formula is C21H21NO5. The van der Waals surface area contributed by atoms with Crippen molar-refractivity contribution < 1.29 is 24.5 Å². The third-order valence-electron chi connectivity index (χ3n) is 5.63. The summed E-state index contributed by atoms with van der Waals surface area (Å²) in [6, 6.07) is 13.3. The Morgan fingerprint density at radius 3 is 2.59 bits per heavy atom. The molecule has 0 saturated carbocycles. The lowest BCUT2D eigenvalue weighted by atomic mass is 9.78. The summed E-state index contributed by atoms with van der Waals surface area (Å²) >= 11 is 0. The number of β-lactam (4-membered cyclic amide) rings is 1. The molecule has 0 spiro atoms. The maximum atomic E-state index is 12.3. The number of hydrogen-bond donors (Lipinski definition) is 2. The predicted octanol–water partition coefficient (Wildman–Crippen LogP) is 2.41. The van der Waals surface area contributed by atoms with Crippen molar-refractivity contribution in [3.05, 3.63) is 53.7 Å². The monoisotopic (exact) mass is 367 g/mol. The molecule has 0 aliphatic carbocycles. The number of fused-ring (bicyclic) bond motifs is 2. The predicted molar refractivity (Wildman–Crippen MR) is 99.1 cm³/mol. The van der Waals surface area contributed by atoms with E-state index in [1.54, 1.807) is 6.92 Å². The Bertz CT molecular complexity index is 964. The summed E-state index contributed by atoms with van der Waals surface area (Å²) in [5, 5.41) is 21.7.